The third-order valence-electron chi connectivity index (χ3n) is 3.42. The summed E-state index contributed by atoms with van der Waals surface area (Å²) in [6.07, 6.45) is 8.28. The van der Waals surface area contributed by atoms with E-state index in [2.05, 4.69) is 10.9 Å². The molecule has 0 unspecified atom stereocenters. The lowest BCUT2D eigenvalue weighted by atomic mass is 10.2. The Balaban J connectivity index is 2.02. The number of carbonyl (C=O) groups is 1. The maximum Gasteiger partial charge on any atom is 0.272 e. The van der Waals surface area contributed by atoms with Gasteiger partial charge in [0.05, 0.1) is 16.8 Å². The van der Waals surface area contributed by atoms with Crippen LogP contribution in [-0.2, 0) is 11.3 Å². The highest BCUT2D eigenvalue weighted by molar-refractivity contribution is 7.16. The Morgan fingerprint density at radius 1 is 1.32 bits per heavy atom. The lowest BCUT2D eigenvalue weighted by molar-refractivity contribution is -0.113. The Kier molecular flexibility index (Phi) is 5.13. The van der Waals surface area contributed by atoms with E-state index in [9.17, 15) is 9.18 Å². The third kappa shape index (κ3) is 3.71. The maximum absolute atomic E-state index is 14.1. The number of terminal acetylenes is 1. The molecule has 124 valence electrons. The van der Waals surface area contributed by atoms with Crippen LogP contribution in [0, 0.1) is 18.2 Å². The molecule has 0 fully saturated rings. The van der Waals surface area contributed by atoms with Gasteiger partial charge in [0, 0.05) is 11.1 Å². The molecule has 3 nitrogen and oxygen atoms in total. The average Bonchev–Trinajstić information content (AvgIpc) is 2.93. The van der Waals surface area contributed by atoms with Crippen molar-refractivity contribution in [2.75, 3.05) is 0 Å². The molecule has 0 spiro atoms. The van der Waals surface area contributed by atoms with E-state index >= 15 is 0 Å². The van der Waals surface area contributed by atoms with Gasteiger partial charge in [-0.1, -0.05) is 53.1 Å². The van der Waals surface area contributed by atoms with Crippen molar-refractivity contribution in [1.82, 2.24) is 4.57 Å². The van der Waals surface area contributed by atoms with Crippen LogP contribution < -0.4 is 4.80 Å². The SMILES string of the molecule is C#CCn1c(=NC(=O)C=Cc2ccccc2Cl)sc2cccc(F)c21. The summed E-state index contributed by atoms with van der Waals surface area (Å²) in [5, 5.41) is 0.540. The zero-order valence-corrected chi connectivity index (χ0v) is 14.5. The first-order valence-electron chi connectivity index (χ1n) is 7.33. The Hall–Kier alpha value is -2.68. The predicted octanol–water partition coefficient (Wildman–Crippen LogP) is 4.27. The lowest BCUT2D eigenvalue weighted by Gasteiger charge is -2.00. The van der Waals surface area contributed by atoms with Crippen molar-refractivity contribution in [3.8, 4) is 12.3 Å². The average molecular weight is 371 g/mol. The van der Waals surface area contributed by atoms with Gasteiger partial charge in [0.2, 0.25) is 0 Å². The van der Waals surface area contributed by atoms with E-state index in [1.54, 1.807) is 36.4 Å². The Labute approximate surface area is 152 Å². The van der Waals surface area contributed by atoms with Gasteiger partial charge < -0.3 is 4.57 Å². The predicted molar refractivity (Wildman–Crippen MR) is 99.7 cm³/mol. The van der Waals surface area contributed by atoms with Crippen LogP contribution in [-0.4, -0.2) is 10.5 Å². The zero-order valence-electron chi connectivity index (χ0n) is 12.9. The van der Waals surface area contributed by atoms with Gasteiger partial charge in [-0.3, -0.25) is 4.79 Å². The van der Waals surface area contributed by atoms with Gasteiger partial charge in [-0.25, -0.2) is 4.39 Å². The molecular weight excluding hydrogens is 359 g/mol. The van der Waals surface area contributed by atoms with Gasteiger partial charge in [-0.15, -0.1) is 6.42 Å². The molecule has 25 heavy (non-hydrogen) atoms. The van der Waals surface area contributed by atoms with Crippen LogP contribution >= 0.6 is 22.9 Å². The van der Waals surface area contributed by atoms with Crippen LogP contribution in [0.25, 0.3) is 16.3 Å². The summed E-state index contributed by atoms with van der Waals surface area (Å²) in [6.45, 7) is 0.126. The first-order chi connectivity index (χ1) is 12.1. The van der Waals surface area contributed by atoms with Crippen molar-refractivity contribution >= 4 is 45.1 Å². The van der Waals surface area contributed by atoms with Crippen LogP contribution in [0.5, 0.6) is 0 Å². The topological polar surface area (TPSA) is 34.4 Å². The van der Waals surface area contributed by atoms with Gasteiger partial charge >= 0.3 is 0 Å². The van der Waals surface area contributed by atoms with E-state index in [0.29, 0.717) is 25.6 Å². The summed E-state index contributed by atoms with van der Waals surface area (Å²) < 4.78 is 16.3. The fourth-order valence-corrected chi connectivity index (χ4v) is 3.56. The molecule has 6 heteroatoms. The Morgan fingerprint density at radius 2 is 2.12 bits per heavy atom. The second-order valence-electron chi connectivity index (χ2n) is 5.07. The molecule has 0 aliphatic rings. The molecule has 1 heterocycles. The minimum absolute atomic E-state index is 0.126. The van der Waals surface area contributed by atoms with Crippen LogP contribution in [0.1, 0.15) is 5.56 Å². The third-order valence-corrected chi connectivity index (χ3v) is 4.81. The Morgan fingerprint density at radius 3 is 2.88 bits per heavy atom. The zero-order chi connectivity index (χ0) is 17.8. The van der Waals surface area contributed by atoms with Crippen molar-refractivity contribution in [3.05, 3.63) is 69.7 Å². The van der Waals surface area contributed by atoms with Crippen LogP contribution in [0.2, 0.25) is 5.02 Å². The van der Waals surface area contributed by atoms with Crippen molar-refractivity contribution in [2.45, 2.75) is 6.54 Å². The smallest absolute Gasteiger partial charge is 0.272 e. The summed E-state index contributed by atoms with van der Waals surface area (Å²) >= 11 is 7.26. The number of rotatable bonds is 3. The number of benzene rings is 2. The molecular formula is C19H12ClFN2OS. The number of nitrogens with zero attached hydrogens (tertiary/aromatic N) is 2. The number of carbonyl (C=O) groups excluding carboxylic acids is 1. The van der Waals surface area contributed by atoms with Gasteiger partial charge in [-0.2, -0.15) is 4.99 Å². The van der Waals surface area contributed by atoms with E-state index in [4.69, 9.17) is 18.0 Å². The van der Waals surface area contributed by atoms with Crippen LogP contribution in [0.15, 0.2) is 53.5 Å². The van der Waals surface area contributed by atoms with Crippen LogP contribution in [0.3, 0.4) is 0 Å². The molecule has 0 atom stereocenters. The fourth-order valence-electron chi connectivity index (χ4n) is 2.31. The van der Waals surface area contributed by atoms with Crippen molar-refractivity contribution in [1.29, 1.82) is 0 Å². The molecule has 1 amide bonds. The second-order valence-corrected chi connectivity index (χ2v) is 6.48. The summed E-state index contributed by atoms with van der Waals surface area (Å²) in [7, 11) is 0. The summed E-state index contributed by atoms with van der Waals surface area (Å²) in [5.41, 5.74) is 1.07. The molecule has 1 aromatic heterocycles. The minimum Gasteiger partial charge on any atom is -0.302 e. The number of hydrogen-bond acceptors (Lipinski definition) is 2. The largest absolute Gasteiger partial charge is 0.302 e. The molecule has 0 aliphatic heterocycles. The highest BCUT2D eigenvalue weighted by Crippen LogP contribution is 2.20. The fraction of sp³-hybridized carbons (Fsp3) is 0.0526. The van der Waals surface area contributed by atoms with Crippen molar-refractivity contribution in [3.63, 3.8) is 0 Å². The van der Waals surface area contributed by atoms with E-state index in [1.165, 1.54) is 28.0 Å². The number of para-hydroxylation sites is 1. The molecule has 0 radical (unpaired) electrons. The monoisotopic (exact) mass is 370 g/mol. The highest BCUT2D eigenvalue weighted by Gasteiger charge is 2.10. The molecule has 3 aromatic rings. The maximum atomic E-state index is 14.1. The standard InChI is InChI=1S/C19H12ClFN2OS/c1-2-12-23-18-15(21)8-5-9-16(18)25-19(23)22-17(24)11-10-13-6-3-4-7-14(13)20/h1,3-11H,12H2. The van der Waals surface area contributed by atoms with Gasteiger partial charge in [0.15, 0.2) is 4.80 Å². The van der Waals surface area contributed by atoms with E-state index < -0.39 is 11.7 Å². The number of hydrogen-bond donors (Lipinski definition) is 0. The number of fused-ring (bicyclic) bond motifs is 1. The first kappa shape index (κ1) is 17.2. The number of amides is 1. The highest BCUT2D eigenvalue weighted by atomic mass is 35.5. The van der Waals surface area contributed by atoms with E-state index in [1.807, 2.05) is 6.07 Å². The molecule has 0 saturated heterocycles. The van der Waals surface area contributed by atoms with Gasteiger partial charge in [0.25, 0.3) is 5.91 Å². The molecule has 0 N–H and O–H groups in total. The van der Waals surface area contributed by atoms with Crippen LogP contribution in [0.4, 0.5) is 4.39 Å². The number of thiazole rings is 1. The molecule has 2 aromatic carbocycles. The molecule has 0 saturated carbocycles. The van der Waals surface area contributed by atoms with E-state index in [-0.39, 0.29) is 6.54 Å². The van der Waals surface area contributed by atoms with E-state index in [0.717, 1.165) is 0 Å². The minimum atomic E-state index is -0.474. The molecule has 0 aliphatic carbocycles. The number of halogens is 2. The lowest BCUT2D eigenvalue weighted by Crippen LogP contribution is -2.16. The quantitative estimate of drug-likeness (QED) is 0.501. The number of aromatic nitrogens is 1. The molecule has 3 rings (SSSR count). The normalized spacial score (nSPS) is 12.0. The second kappa shape index (κ2) is 7.47. The molecule has 0 bridgehead atoms. The van der Waals surface area contributed by atoms with Gasteiger partial charge in [0.1, 0.15) is 5.82 Å². The van der Waals surface area contributed by atoms with Crippen molar-refractivity contribution in [2.24, 2.45) is 4.99 Å². The Bertz CT molecular complexity index is 1090. The summed E-state index contributed by atoms with van der Waals surface area (Å²) in [5.74, 6) is 1.59. The first-order valence-corrected chi connectivity index (χ1v) is 8.52. The van der Waals surface area contributed by atoms with Gasteiger partial charge in [-0.05, 0) is 29.8 Å². The summed E-state index contributed by atoms with van der Waals surface area (Å²) in [6, 6.07) is 11.9. The van der Waals surface area contributed by atoms with Crippen molar-refractivity contribution < 1.29 is 9.18 Å². The summed E-state index contributed by atoms with van der Waals surface area (Å²) in [4.78, 5) is 16.6.